The van der Waals surface area contributed by atoms with Crippen molar-refractivity contribution >= 4 is 34.3 Å². The van der Waals surface area contributed by atoms with E-state index in [-0.39, 0.29) is 5.97 Å². The first-order valence-electron chi connectivity index (χ1n) is 6.33. The molecule has 0 radical (unpaired) electrons. The van der Waals surface area contributed by atoms with Gasteiger partial charge in [-0.3, -0.25) is 0 Å². The minimum atomic E-state index is -0.349. The molecule has 0 amide bonds. The molecule has 1 aliphatic rings. The summed E-state index contributed by atoms with van der Waals surface area (Å²) < 4.78 is 5.49. The van der Waals surface area contributed by atoms with Crippen LogP contribution in [0.2, 0.25) is 0 Å². The van der Waals surface area contributed by atoms with Gasteiger partial charge >= 0.3 is 5.97 Å². The largest absolute Gasteiger partial charge is 0.466 e. The number of ether oxygens (including phenoxy) is 1. The van der Waals surface area contributed by atoms with E-state index in [2.05, 4.69) is 16.2 Å². The number of nitrogens with zero attached hydrogens (tertiary/aromatic N) is 1. The fourth-order valence-corrected chi connectivity index (χ4v) is 3.01. The first-order valence-corrected chi connectivity index (χ1v) is 7.72. The van der Waals surface area contributed by atoms with Crippen molar-refractivity contribution in [1.29, 1.82) is 0 Å². The molecular formula is C13H21NO2S2. The fraction of sp³-hybridized carbons (Fsp3) is 0.692. The Hall–Kier alpha value is -0.550. The highest BCUT2D eigenvalue weighted by Gasteiger charge is 2.14. The molecule has 1 saturated heterocycles. The van der Waals surface area contributed by atoms with Crippen LogP contribution in [0.15, 0.2) is 12.2 Å². The normalized spacial score (nSPS) is 16.6. The second-order valence-electron chi connectivity index (χ2n) is 4.40. The number of hydrogen-bond donors (Lipinski definition) is 0. The quantitative estimate of drug-likeness (QED) is 0.452. The van der Waals surface area contributed by atoms with Crippen molar-refractivity contribution in [3.8, 4) is 0 Å². The zero-order valence-corrected chi connectivity index (χ0v) is 12.6. The van der Waals surface area contributed by atoms with E-state index in [0.29, 0.717) is 11.3 Å². The van der Waals surface area contributed by atoms with E-state index >= 15 is 0 Å². The van der Waals surface area contributed by atoms with E-state index in [1.807, 2.05) is 0 Å². The average molecular weight is 287 g/mol. The summed E-state index contributed by atoms with van der Waals surface area (Å²) in [7, 11) is 1.37. The van der Waals surface area contributed by atoms with Crippen molar-refractivity contribution in [3.05, 3.63) is 12.2 Å². The summed E-state index contributed by atoms with van der Waals surface area (Å²) in [6, 6.07) is 0. The smallest absolute Gasteiger partial charge is 0.333 e. The number of carbonyl (C=O) groups is 1. The molecule has 0 spiro atoms. The summed E-state index contributed by atoms with van der Waals surface area (Å²) in [6.45, 7) is 5.78. The van der Waals surface area contributed by atoms with Gasteiger partial charge in [-0.05, 0) is 12.8 Å². The van der Waals surface area contributed by atoms with E-state index in [9.17, 15) is 4.79 Å². The van der Waals surface area contributed by atoms with Crippen LogP contribution in [0.25, 0.3) is 0 Å². The number of esters is 1. The molecule has 0 saturated carbocycles. The van der Waals surface area contributed by atoms with Crippen LogP contribution in [-0.2, 0) is 9.53 Å². The van der Waals surface area contributed by atoms with Crippen LogP contribution in [0.5, 0.6) is 0 Å². The zero-order chi connectivity index (χ0) is 13.4. The van der Waals surface area contributed by atoms with Crippen LogP contribution in [0, 0.1) is 0 Å². The van der Waals surface area contributed by atoms with Crippen molar-refractivity contribution in [2.45, 2.75) is 32.1 Å². The number of thioether (sulfide) groups is 1. The molecule has 1 heterocycles. The molecule has 0 bridgehead atoms. The van der Waals surface area contributed by atoms with Gasteiger partial charge in [-0.2, -0.15) is 0 Å². The zero-order valence-electron chi connectivity index (χ0n) is 10.9. The summed E-state index contributed by atoms with van der Waals surface area (Å²) in [5, 5.41) is 0. The highest BCUT2D eigenvalue weighted by molar-refractivity contribution is 8.23. The van der Waals surface area contributed by atoms with Crippen LogP contribution in [-0.4, -0.2) is 41.1 Å². The first kappa shape index (κ1) is 15.5. The standard InChI is InChI=1S/C13H21NO2S2/c1-11(12(15)16-2)10-18-13(17)14-8-6-4-3-5-7-9-14/h1,3-10H2,2H3. The molecule has 3 nitrogen and oxygen atoms in total. The molecule has 0 aromatic rings. The van der Waals surface area contributed by atoms with Crippen molar-refractivity contribution < 1.29 is 9.53 Å². The Balaban J connectivity index is 2.34. The number of hydrogen-bond acceptors (Lipinski definition) is 4. The maximum absolute atomic E-state index is 11.2. The van der Waals surface area contributed by atoms with Crippen molar-refractivity contribution in [2.75, 3.05) is 26.0 Å². The van der Waals surface area contributed by atoms with Gasteiger partial charge in [0.05, 0.1) is 7.11 Å². The SMILES string of the molecule is C=C(CSC(=S)N1CCCCCCC1)C(=O)OC. The Morgan fingerprint density at radius 3 is 2.39 bits per heavy atom. The van der Waals surface area contributed by atoms with E-state index in [4.69, 9.17) is 12.2 Å². The van der Waals surface area contributed by atoms with E-state index in [1.54, 1.807) is 0 Å². The summed E-state index contributed by atoms with van der Waals surface area (Å²) in [4.78, 5) is 13.5. The molecule has 0 aromatic carbocycles. The average Bonchev–Trinajstić information content (AvgIpc) is 2.34. The maximum Gasteiger partial charge on any atom is 0.333 e. The molecular weight excluding hydrogens is 266 g/mol. The number of methoxy groups -OCH3 is 1. The molecule has 0 unspecified atom stereocenters. The van der Waals surface area contributed by atoms with Crippen LogP contribution in [0.3, 0.4) is 0 Å². The molecule has 0 aromatic heterocycles. The monoisotopic (exact) mass is 287 g/mol. The van der Waals surface area contributed by atoms with Gasteiger partial charge in [0.25, 0.3) is 0 Å². The molecule has 1 rings (SSSR count). The number of likely N-dealkylation sites (tertiary alicyclic amines) is 1. The van der Waals surface area contributed by atoms with E-state index < -0.39 is 0 Å². The van der Waals surface area contributed by atoms with Gasteiger partial charge in [-0.25, -0.2) is 4.79 Å². The molecule has 0 aliphatic carbocycles. The predicted octanol–water partition coefficient (Wildman–Crippen LogP) is 3.00. The third-order valence-electron chi connectivity index (χ3n) is 2.96. The second-order valence-corrected chi connectivity index (χ2v) is 6.01. The molecule has 102 valence electrons. The third-order valence-corrected chi connectivity index (χ3v) is 4.57. The lowest BCUT2D eigenvalue weighted by atomic mass is 10.1. The van der Waals surface area contributed by atoms with Gasteiger partial charge in [0.15, 0.2) is 0 Å². The second kappa shape index (κ2) is 8.53. The van der Waals surface area contributed by atoms with Crippen LogP contribution < -0.4 is 0 Å². The van der Waals surface area contributed by atoms with E-state index in [1.165, 1.54) is 51.0 Å². The summed E-state index contributed by atoms with van der Waals surface area (Å²) in [6.07, 6.45) is 6.33. The molecule has 0 atom stereocenters. The molecule has 1 aliphatic heterocycles. The Morgan fingerprint density at radius 2 is 1.83 bits per heavy atom. The summed E-state index contributed by atoms with van der Waals surface area (Å²) in [5.41, 5.74) is 0.469. The predicted molar refractivity (Wildman–Crippen MR) is 80.9 cm³/mol. The fourth-order valence-electron chi connectivity index (χ4n) is 1.87. The van der Waals surface area contributed by atoms with Crippen LogP contribution in [0.1, 0.15) is 32.1 Å². The maximum atomic E-state index is 11.2. The minimum Gasteiger partial charge on any atom is -0.466 e. The summed E-state index contributed by atoms with van der Waals surface area (Å²) in [5.74, 6) is 0.167. The number of carbonyl (C=O) groups excluding carboxylic acids is 1. The Labute approximate surface area is 119 Å². The Bertz CT molecular complexity index is 310. The topological polar surface area (TPSA) is 29.5 Å². The Morgan fingerprint density at radius 1 is 1.28 bits per heavy atom. The van der Waals surface area contributed by atoms with E-state index in [0.717, 1.165) is 17.4 Å². The van der Waals surface area contributed by atoms with Gasteiger partial charge in [0.1, 0.15) is 4.32 Å². The van der Waals surface area contributed by atoms with Crippen molar-refractivity contribution in [2.24, 2.45) is 0 Å². The highest BCUT2D eigenvalue weighted by Crippen LogP contribution is 2.18. The minimum absolute atomic E-state index is 0.349. The number of rotatable bonds is 3. The van der Waals surface area contributed by atoms with Gasteiger partial charge in [-0.15, -0.1) is 0 Å². The van der Waals surface area contributed by atoms with Crippen molar-refractivity contribution in [1.82, 2.24) is 4.90 Å². The lowest BCUT2D eigenvalue weighted by Crippen LogP contribution is -2.31. The number of thiocarbonyl (C=S) groups is 1. The summed E-state index contributed by atoms with van der Waals surface area (Å²) >= 11 is 6.92. The van der Waals surface area contributed by atoms with Gasteiger partial charge in [0.2, 0.25) is 0 Å². The molecule has 1 fully saturated rings. The van der Waals surface area contributed by atoms with Gasteiger partial charge in [-0.1, -0.05) is 49.8 Å². The first-order chi connectivity index (χ1) is 8.65. The lowest BCUT2D eigenvalue weighted by Gasteiger charge is -2.26. The molecule has 18 heavy (non-hydrogen) atoms. The van der Waals surface area contributed by atoms with Crippen LogP contribution >= 0.6 is 24.0 Å². The lowest BCUT2D eigenvalue weighted by molar-refractivity contribution is -0.135. The third kappa shape index (κ3) is 5.40. The van der Waals surface area contributed by atoms with Gasteiger partial charge in [0, 0.05) is 24.4 Å². The highest BCUT2D eigenvalue weighted by atomic mass is 32.2. The Kier molecular flexibility index (Phi) is 7.35. The van der Waals surface area contributed by atoms with Gasteiger partial charge < -0.3 is 9.64 Å². The molecule has 5 heteroatoms. The molecule has 0 N–H and O–H groups in total. The van der Waals surface area contributed by atoms with Crippen LogP contribution in [0.4, 0.5) is 0 Å². The van der Waals surface area contributed by atoms with Crippen molar-refractivity contribution in [3.63, 3.8) is 0 Å².